The third-order valence-corrected chi connectivity index (χ3v) is 10.5. The number of para-hydroxylation sites is 2. The van der Waals surface area contributed by atoms with Crippen molar-refractivity contribution in [1.29, 1.82) is 0 Å². The number of allylic oxidation sites excluding steroid dienone is 8. The van der Waals surface area contributed by atoms with Gasteiger partial charge in [0.15, 0.2) is 0 Å². The minimum atomic E-state index is -0.0952. The Kier molecular flexibility index (Phi) is 5.31. The SMILES string of the molecule is CC12C=C3N(C1=CC=CC2)c1ccccc1-c1c(ccc2ccccc12)N3c1ccc2c3ccccc3n(C3C=CC=CC3)c2c1. The van der Waals surface area contributed by atoms with Gasteiger partial charge >= 0.3 is 0 Å². The highest BCUT2D eigenvalue weighted by Gasteiger charge is 2.45. The largest absolute Gasteiger partial charge is 0.333 e. The van der Waals surface area contributed by atoms with E-state index in [1.807, 2.05) is 0 Å². The Bertz CT molecular complexity index is 2410. The summed E-state index contributed by atoms with van der Waals surface area (Å²) in [4.78, 5) is 5.06. The zero-order valence-electron chi connectivity index (χ0n) is 25.8. The number of rotatable bonds is 2. The average Bonchev–Trinajstić information content (AvgIpc) is 3.56. The van der Waals surface area contributed by atoms with Gasteiger partial charge in [-0.25, -0.2) is 0 Å². The van der Waals surface area contributed by atoms with Gasteiger partial charge in [-0.2, -0.15) is 0 Å². The van der Waals surface area contributed by atoms with Crippen molar-refractivity contribution in [1.82, 2.24) is 4.57 Å². The van der Waals surface area contributed by atoms with E-state index >= 15 is 0 Å². The molecule has 0 bridgehead atoms. The second kappa shape index (κ2) is 9.48. The van der Waals surface area contributed by atoms with Crippen molar-refractivity contribution in [2.24, 2.45) is 5.41 Å². The maximum absolute atomic E-state index is 2.55. The second-order valence-electron chi connectivity index (χ2n) is 13.2. The fraction of sp³-hybridized carbons (Fsp3) is 0.116. The van der Waals surface area contributed by atoms with Crippen LogP contribution in [-0.2, 0) is 0 Å². The quantitative estimate of drug-likeness (QED) is 0.198. The highest BCUT2D eigenvalue weighted by atomic mass is 15.4. The molecule has 2 aliphatic heterocycles. The predicted octanol–water partition coefficient (Wildman–Crippen LogP) is 11.3. The molecular weight excluding hydrogens is 558 g/mol. The van der Waals surface area contributed by atoms with Crippen LogP contribution in [0.1, 0.15) is 25.8 Å². The number of hydrogen-bond donors (Lipinski definition) is 0. The Hall–Kier alpha value is -5.54. The van der Waals surface area contributed by atoms with Crippen LogP contribution in [0.5, 0.6) is 0 Å². The summed E-state index contributed by atoms with van der Waals surface area (Å²) in [5, 5.41) is 5.13. The molecule has 2 aliphatic carbocycles. The summed E-state index contributed by atoms with van der Waals surface area (Å²) < 4.78 is 2.55. The molecule has 2 unspecified atom stereocenters. The van der Waals surface area contributed by atoms with Crippen LogP contribution >= 0.6 is 0 Å². The molecule has 220 valence electrons. The molecular formula is C43H33N3. The van der Waals surface area contributed by atoms with Crippen LogP contribution in [0, 0.1) is 5.41 Å². The van der Waals surface area contributed by atoms with Gasteiger partial charge in [-0.1, -0.05) is 116 Å². The van der Waals surface area contributed by atoms with Crippen LogP contribution in [0.4, 0.5) is 17.1 Å². The molecule has 4 aliphatic rings. The van der Waals surface area contributed by atoms with Gasteiger partial charge in [0, 0.05) is 44.2 Å². The van der Waals surface area contributed by atoms with Crippen LogP contribution in [0.2, 0.25) is 0 Å². The Morgan fingerprint density at radius 3 is 2.41 bits per heavy atom. The summed E-state index contributed by atoms with van der Waals surface area (Å²) in [6, 6.07) is 38.7. The summed E-state index contributed by atoms with van der Waals surface area (Å²) in [6.07, 6.45) is 20.3. The van der Waals surface area contributed by atoms with Crippen molar-refractivity contribution in [3.63, 3.8) is 0 Å². The van der Waals surface area contributed by atoms with Gasteiger partial charge in [-0.05, 0) is 66.1 Å². The minimum Gasteiger partial charge on any atom is -0.333 e. The number of anilines is 3. The first kappa shape index (κ1) is 25.8. The van der Waals surface area contributed by atoms with Crippen LogP contribution in [0.25, 0.3) is 43.7 Å². The molecule has 10 rings (SSSR count). The maximum atomic E-state index is 2.55. The van der Waals surface area contributed by atoms with Gasteiger partial charge in [0.05, 0.1) is 22.9 Å². The van der Waals surface area contributed by atoms with Gasteiger partial charge in [-0.15, -0.1) is 0 Å². The number of aromatic nitrogens is 1. The standard InChI is InChI=1S/C43H33N3/c1-43-26-12-11-21-40(43)46-37-20-10-8-18-35(37)42-32-16-6-5-13-29(32)22-25-38(42)45(41(46)28-43)31-23-24-34-33-17-7-9-19-36(33)44(39(34)27-31)30-14-3-2-4-15-30/h2-14,16-25,27-28,30H,15,26H2,1H3. The number of nitrogens with zero attached hydrogens (tertiary/aromatic N) is 3. The Labute approximate surface area is 269 Å². The zero-order chi connectivity index (χ0) is 30.4. The highest BCUT2D eigenvalue weighted by Crippen LogP contribution is 2.57. The first-order chi connectivity index (χ1) is 22.7. The monoisotopic (exact) mass is 591 g/mol. The lowest BCUT2D eigenvalue weighted by molar-refractivity contribution is 0.527. The topological polar surface area (TPSA) is 11.4 Å². The van der Waals surface area contributed by atoms with Gasteiger partial charge in [0.1, 0.15) is 5.82 Å². The molecule has 2 atom stereocenters. The van der Waals surface area contributed by atoms with Crippen LogP contribution in [0.3, 0.4) is 0 Å². The van der Waals surface area contributed by atoms with Gasteiger partial charge in [0.2, 0.25) is 0 Å². The van der Waals surface area contributed by atoms with Crippen LogP contribution < -0.4 is 9.80 Å². The molecule has 0 saturated carbocycles. The summed E-state index contributed by atoms with van der Waals surface area (Å²) in [6.45, 7) is 2.38. The number of benzene rings is 5. The smallest absolute Gasteiger partial charge is 0.119 e. The van der Waals surface area contributed by atoms with Crippen molar-refractivity contribution < 1.29 is 0 Å². The van der Waals surface area contributed by atoms with E-state index in [4.69, 9.17) is 0 Å². The molecule has 0 fully saturated rings. The van der Waals surface area contributed by atoms with E-state index < -0.39 is 0 Å². The molecule has 0 radical (unpaired) electrons. The third kappa shape index (κ3) is 3.48. The molecule has 6 aromatic rings. The zero-order valence-corrected chi connectivity index (χ0v) is 25.8. The molecule has 0 spiro atoms. The molecule has 3 heterocycles. The molecule has 0 saturated heterocycles. The lowest BCUT2D eigenvalue weighted by atomic mass is 9.81. The van der Waals surface area contributed by atoms with E-state index in [1.54, 1.807) is 0 Å². The average molecular weight is 592 g/mol. The maximum Gasteiger partial charge on any atom is 0.119 e. The van der Waals surface area contributed by atoms with E-state index in [1.165, 1.54) is 72.3 Å². The lowest BCUT2D eigenvalue weighted by Gasteiger charge is -2.34. The number of fused-ring (bicyclic) bond motifs is 12. The van der Waals surface area contributed by atoms with E-state index in [-0.39, 0.29) is 11.5 Å². The van der Waals surface area contributed by atoms with Gasteiger partial charge < -0.3 is 4.57 Å². The Balaban J connectivity index is 1.31. The number of hydrogen-bond acceptors (Lipinski definition) is 2. The fourth-order valence-corrected chi connectivity index (χ4v) is 8.37. The first-order valence-electron chi connectivity index (χ1n) is 16.4. The normalized spacial score (nSPS) is 21.2. The first-order valence-corrected chi connectivity index (χ1v) is 16.4. The van der Waals surface area contributed by atoms with Crippen LogP contribution in [-0.4, -0.2) is 4.57 Å². The molecule has 46 heavy (non-hydrogen) atoms. The lowest BCUT2D eigenvalue weighted by Crippen LogP contribution is -2.30. The predicted molar refractivity (Wildman–Crippen MR) is 193 cm³/mol. The van der Waals surface area contributed by atoms with E-state index in [9.17, 15) is 0 Å². The molecule has 1 aromatic heterocycles. The molecule has 5 aromatic carbocycles. The van der Waals surface area contributed by atoms with E-state index in [0.29, 0.717) is 0 Å². The summed E-state index contributed by atoms with van der Waals surface area (Å²) in [7, 11) is 0. The fourth-order valence-electron chi connectivity index (χ4n) is 8.37. The molecule has 0 N–H and O–H groups in total. The Morgan fingerprint density at radius 2 is 1.50 bits per heavy atom. The van der Waals surface area contributed by atoms with E-state index in [2.05, 4.69) is 173 Å². The van der Waals surface area contributed by atoms with E-state index in [0.717, 1.165) is 12.8 Å². The Morgan fingerprint density at radius 1 is 0.674 bits per heavy atom. The molecule has 3 heteroatoms. The van der Waals surface area contributed by atoms with Crippen molar-refractivity contribution in [2.75, 3.05) is 9.80 Å². The minimum absolute atomic E-state index is 0.0952. The summed E-state index contributed by atoms with van der Waals surface area (Å²) in [5.74, 6) is 1.20. The summed E-state index contributed by atoms with van der Waals surface area (Å²) in [5.41, 5.74) is 9.93. The highest BCUT2D eigenvalue weighted by molar-refractivity contribution is 6.12. The molecule has 3 nitrogen and oxygen atoms in total. The second-order valence-corrected chi connectivity index (χ2v) is 13.2. The van der Waals surface area contributed by atoms with Crippen molar-refractivity contribution >= 4 is 49.6 Å². The van der Waals surface area contributed by atoms with Crippen molar-refractivity contribution in [3.05, 3.63) is 163 Å². The molecule has 0 amide bonds. The van der Waals surface area contributed by atoms with Gasteiger partial charge in [0.25, 0.3) is 0 Å². The third-order valence-electron chi connectivity index (χ3n) is 10.5. The van der Waals surface area contributed by atoms with Gasteiger partial charge in [-0.3, -0.25) is 9.80 Å². The van der Waals surface area contributed by atoms with Crippen molar-refractivity contribution in [2.45, 2.75) is 25.8 Å². The summed E-state index contributed by atoms with van der Waals surface area (Å²) >= 11 is 0. The van der Waals surface area contributed by atoms with Crippen molar-refractivity contribution in [3.8, 4) is 11.1 Å². The van der Waals surface area contributed by atoms with Crippen LogP contribution in [0.15, 0.2) is 163 Å².